The second-order valence-corrected chi connectivity index (χ2v) is 23.3. The maximum absolute atomic E-state index is 15.2. The molecule has 1 unspecified atom stereocenters. The summed E-state index contributed by atoms with van der Waals surface area (Å²) in [4.78, 5) is 55.4. The Kier molecular flexibility index (Phi) is 13.2. The van der Waals surface area contributed by atoms with Crippen LogP contribution in [0.3, 0.4) is 0 Å². The SMILES string of the molecule is Cn1cc(-c2cc(Nc3ncc(Br)c(Nc4ccc(F)cc4P(C)(C)=O)n3)c(OC3CC3)cc2N2CCC(N3CCN(C(=O)C4CN(c5cc(F)c(C6CCC(=O)NC6=O)c(F)c5)C4)CC3)CC2)cn1. The zero-order valence-corrected chi connectivity index (χ0v) is 41.5. The number of hydrogen-bond acceptors (Lipinski definition) is 13. The highest BCUT2D eigenvalue weighted by atomic mass is 79.9. The Balaban J connectivity index is 0.784. The first-order valence-electron chi connectivity index (χ1n) is 23.7. The van der Waals surface area contributed by atoms with Crippen LogP contribution in [0.15, 0.2) is 65.5 Å². The summed E-state index contributed by atoms with van der Waals surface area (Å²) >= 11 is 3.54. The molecule has 1 aliphatic carbocycles. The molecule has 6 heterocycles. The van der Waals surface area contributed by atoms with Gasteiger partial charge in [0.1, 0.15) is 36.2 Å². The molecular weight excluding hydrogens is 990 g/mol. The summed E-state index contributed by atoms with van der Waals surface area (Å²) in [6.07, 6.45) is 9.37. The van der Waals surface area contributed by atoms with Crippen LogP contribution in [0.5, 0.6) is 5.75 Å². The minimum absolute atomic E-state index is 0.0183. The van der Waals surface area contributed by atoms with Gasteiger partial charge in [0.05, 0.1) is 40.0 Å². The van der Waals surface area contributed by atoms with E-state index in [1.165, 1.54) is 24.3 Å². The second-order valence-electron chi connectivity index (χ2n) is 19.2. The number of rotatable bonds is 13. The summed E-state index contributed by atoms with van der Waals surface area (Å²) in [5.74, 6) is -3.23. The molecule has 16 nitrogen and oxygen atoms in total. The molecule has 1 atom stereocenters. The number of ether oxygens (including phenoxy) is 1. The first kappa shape index (κ1) is 47.7. The van der Waals surface area contributed by atoms with Crippen molar-refractivity contribution in [2.45, 2.75) is 56.6 Å². The number of carbonyl (C=O) groups excluding carboxylic acids is 3. The van der Waals surface area contributed by atoms with E-state index in [9.17, 15) is 23.3 Å². The van der Waals surface area contributed by atoms with E-state index < -0.39 is 42.3 Å². The monoisotopic (exact) mass is 1040 g/mol. The van der Waals surface area contributed by atoms with E-state index >= 15 is 8.78 Å². The van der Waals surface area contributed by atoms with Crippen molar-refractivity contribution in [1.82, 2.24) is 34.9 Å². The molecule has 4 saturated heterocycles. The minimum Gasteiger partial charge on any atom is -0.488 e. The molecular formula is C49H54BrF3N11O5P. The van der Waals surface area contributed by atoms with Gasteiger partial charge in [-0.1, -0.05) is 0 Å². The lowest BCUT2D eigenvalue weighted by molar-refractivity contribution is -0.138. The largest absolute Gasteiger partial charge is 0.488 e. The normalized spacial score (nSPS) is 19.5. The number of amides is 3. The van der Waals surface area contributed by atoms with Crippen LogP contribution < -0.4 is 35.8 Å². The zero-order valence-electron chi connectivity index (χ0n) is 39.1. The molecule has 3 N–H and O–H groups in total. The van der Waals surface area contributed by atoms with Crippen molar-refractivity contribution >= 4 is 80.6 Å². The topological polar surface area (TPSA) is 170 Å². The number of halogens is 4. The number of aromatic nitrogens is 4. The number of nitrogens with zero attached hydrogens (tertiary/aromatic N) is 8. The molecule has 21 heteroatoms. The summed E-state index contributed by atoms with van der Waals surface area (Å²) in [5, 5.41) is 13.7. The molecule has 1 saturated carbocycles. The Hall–Kier alpha value is -5.98. The molecule has 5 aliphatic rings. The maximum Gasteiger partial charge on any atom is 0.234 e. The number of nitrogens with one attached hydrogen (secondary N) is 3. The second kappa shape index (κ2) is 19.3. The quantitative estimate of drug-likeness (QED) is 0.0807. The predicted molar refractivity (Wildman–Crippen MR) is 265 cm³/mol. The van der Waals surface area contributed by atoms with Crippen LogP contribution >= 0.6 is 23.1 Å². The number of aryl methyl sites for hydroxylation is 1. The third-order valence-corrected chi connectivity index (χ3v) is 16.0. The van der Waals surface area contributed by atoms with E-state index in [0.717, 1.165) is 68.7 Å². The fourth-order valence-corrected chi connectivity index (χ4v) is 11.4. The van der Waals surface area contributed by atoms with Crippen LogP contribution in [0.25, 0.3) is 11.1 Å². The van der Waals surface area contributed by atoms with Crippen LogP contribution in [0.4, 0.5) is 47.7 Å². The molecule has 0 radical (unpaired) electrons. The van der Waals surface area contributed by atoms with Gasteiger partial charge in [0.25, 0.3) is 0 Å². The number of hydrogen-bond donors (Lipinski definition) is 3. The predicted octanol–water partition coefficient (Wildman–Crippen LogP) is 7.10. The van der Waals surface area contributed by atoms with Gasteiger partial charge in [0, 0.05) is 124 Å². The number of piperidine rings is 2. The highest BCUT2D eigenvalue weighted by Crippen LogP contribution is 2.44. The van der Waals surface area contributed by atoms with Crippen molar-refractivity contribution in [3.63, 3.8) is 0 Å². The van der Waals surface area contributed by atoms with Gasteiger partial charge in [-0.3, -0.25) is 29.3 Å². The molecule has 3 aromatic carbocycles. The Bertz CT molecular complexity index is 2890. The van der Waals surface area contributed by atoms with Crippen LogP contribution in [0.1, 0.15) is 50.0 Å². The Morgan fingerprint density at radius 2 is 1.60 bits per heavy atom. The third kappa shape index (κ3) is 10.1. The van der Waals surface area contributed by atoms with Crippen LogP contribution in [0.2, 0.25) is 0 Å². The first-order valence-corrected chi connectivity index (χ1v) is 27.0. The molecule has 2 aromatic heterocycles. The van der Waals surface area contributed by atoms with Crippen molar-refractivity contribution < 1.29 is 36.9 Å². The summed E-state index contributed by atoms with van der Waals surface area (Å²) < 4.78 is 66.7. The highest BCUT2D eigenvalue weighted by Gasteiger charge is 2.39. The zero-order chi connectivity index (χ0) is 49.0. The molecule has 5 aromatic rings. The number of imide groups is 1. The number of carbonyl (C=O) groups is 3. The van der Waals surface area contributed by atoms with Crippen molar-refractivity contribution in [1.29, 1.82) is 0 Å². The van der Waals surface area contributed by atoms with Crippen molar-refractivity contribution in [2.75, 3.05) is 86.1 Å². The van der Waals surface area contributed by atoms with Crippen molar-refractivity contribution in [2.24, 2.45) is 13.0 Å². The lowest BCUT2D eigenvalue weighted by Gasteiger charge is -2.46. The summed E-state index contributed by atoms with van der Waals surface area (Å²) in [5.41, 5.74) is 4.08. The highest BCUT2D eigenvalue weighted by molar-refractivity contribution is 9.10. The number of benzene rings is 3. The fourth-order valence-electron chi connectivity index (χ4n) is 9.94. The van der Waals surface area contributed by atoms with Gasteiger partial charge in [-0.25, -0.2) is 18.2 Å². The van der Waals surface area contributed by atoms with E-state index in [4.69, 9.17) is 9.72 Å². The van der Waals surface area contributed by atoms with Crippen LogP contribution in [-0.2, 0) is 26.0 Å². The van der Waals surface area contributed by atoms with Gasteiger partial charge >= 0.3 is 0 Å². The number of piperazine rings is 1. The Labute approximate surface area is 411 Å². The van der Waals surface area contributed by atoms with Gasteiger partial charge in [-0.2, -0.15) is 10.1 Å². The molecule has 10 rings (SSSR count). The van der Waals surface area contributed by atoms with Gasteiger partial charge in [0.2, 0.25) is 23.7 Å². The van der Waals surface area contributed by atoms with Crippen molar-refractivity contribution in [3.8, 4) is 16.9 Å². The molecule has 4 aliphatic heterocycles. The number of anilines is 6. The van der Waals surface area contributed by atoms with Gasteiger partial charge < -0.3 is 34.6 Å². The molecule has 0 bridgehead atoms. The van der Waals surface area contributed by atoms with E-state index in [2.05, 4.69) is 63.9 Å². The Morgan fingerprint density at radius 3 is 2.26 bits per heavy atom. The standard InChI is InChI=1S/C49H54BrF3N11O5P/c1-60-25-28(23-55-60)35-21-40(57-49-54-24-36(50)46(59-49)56-39-8-4-30(51)18-43(39)70(2,3)68)42(69-33-5-6-33)22-41(35)62-12-10-31(11-13-62)61-14-16-63(17-15-61)48(67)29-26-64(27-29)32-19-37(52)45(38(53)20-32)34-7-9-44(65)58-47(34)66/h4,8,18-25,29,31,33-34H,5-7,9-17,26-27H2,1-3H3,(H,58,65,66)(H2,54,56,57,59). The molecule has 3 amide bonds. The summed E-state index contributed by atoms with van der Waals surface area (Å²) in [7, 11) is -0.963. The first-order chi connectivity index (χ1) is 33.5. The molecule has 70 heavy (non-hydrogen) atoms. The average Bonchev–Trinajstić information content (AvgIpc) is 4.03. The smallest absolute Gasteiger partial charge is 0.234 e. The van der Waals surface area contributed by atoms with Gasteiger partial charge in [-0.05, 0) is 97.8 Å². The molecule has 5 fully saturated rings. The van der Waals surface area contributed by atoms with Gasteiger partial charge in [0.15, 0.2) is 0 Å². The Morgan fingerprint density at radius 1 is 0.871 bits per heavy atom. The third-order valence-electron chi connectivity index (χ3n) is 13.9. The minimum atomic E-state index is -2.85. The summed E-state index contributed by atoms with van der Waals surface area (Å²) in [6, 6.07) is 11.1. The molecule has 368 valence electrons. The van der Waals surface area contributed by atoms with E-state index in [0.29, 0.717) is 70.6 Å². The lowest BCUT2D eigenvalue weighted by Crippen LogP contribution is -2.59. The van der Waals surface area contributed by atoms with E-state index in [1.54, 1.807) is 35.2 Å². The van der Waals surface area contributed by atoms with E-state index in [-0.39, 0.29) is 42.3 Å². The van der Waals surface area contributed by atoms with Crippen LogP contribution in [0, 0.1) is 23.4 Å². The van der Waals surface area contributed by atoms with Gasteiger partial charge in [-0.15, -0.1) is 0 Å². The maximum atomic E-state index is 15.2. The van der Waals surface area contributed by atoms with Crippen LogP contribution in [-0.4, -0.2) is 125 Å². The van der Waals surface area contributed by atoms with Crippen molar-refractivity contribution in [3.05, 3.63) is 88.5 Å². The molecule has 0 spiro atoms. The van der Waals surface area contributed by atoms with E-state index in [1.807, 2.05) is 24.3 Å². The fraction of sp³-hybridized carbons (Fsp3) is 0.429. The lowest BCUT2D eigenvalue weighted by atomic mass is 9.89. The average molecular weight is 1040 g/mol. The summed E-state index contributed by atoms with van der Waals surface area (Å²) in [6.45, 7) is 8.21.